The summed E-state index contributed by atoms with van der Waals surface area (Å²) in [5, 5.41) is 0. The van der Waals surface area contributed by atoms with E-state index in [1.165, 1.54) is 5.56 Å². The minimum atomic E-state index is -0.172. The summed E-state index contributed by atoms with van der Waals surface area (Å²) in [5.41, 5.74) is 1.21. The Labute approximate surface area is 101 Å². The molecule has 92 valence electrons. The van der Waals surface area contributed by atoms with Gasteiger partial charge in [-0.05, 0) is 5.56 Å². The average molecular weight is 235 g/mol. The lowest BCUT2D eigenvalue weighted by Gasteiger charge is -2.31. The smallest absolute Gasteiger partial charge is 0.320 e. The fourth-order valence-electron chi connectivity index (χ4n) is 2.03. The van der Waals surface area contributed by atoms with Crippen molar-refractivity contribution >= 4 is 5.97 Å². The van der Waals surface area contributed by atoms with Gasteiger partial charge in [0.1, 0.15) is 6.10 Å². The van der Waals surface area contributed by atoms with Gasteiger partial charge in [-0.25, -0.2) is 0 Å². The maximum Gasteiger partial charge on any atom is 0.320 e. The highest BCUT2D eigenvalue weighted by Crippen LogP contribution is 2.11. The molecule has 1 heterocycles. The zero-order valence-corrected chi connectivity index (χ0v) is 9.96. The third kappa shape index (κ3) is 3.54. The topological polar surface area (TPSA) is 38.8 Å². The van der Waals surface area contributed by atoms with E-state index in [-0.39, 0.29) is 12.1 Å². The molecular weight excluding hydrogens is 218 g/mol. The molecule has 1 aliphatic heterocycles. The van der Waals surface area contributed by atoms with Crippen molar-refractivity contribution in [2.75, 3.05) is 26.8 Å². The minimum absolute atomic E-state index is 0.148. The first-order valence-corrected chi connectivity index (χ1v) is 5.72. The molecule has 17 heavy (non-hydrogen) atoms. The largest absolute Gasteiger partial charge is 0.458 e. The lowest BCUT2D eigenvalue weighted by Crippen LogP contribution is -2.46. The van der Waals surface area contributed by atoms with Crippen LogP contribution in [0.25, 0.3) is 0 Å². The molecule has 1 aliphatic rings. The molecule has 0 amide bonds. The van der Waals surface area contributed by atoms with Crippen LogP contribution in [-0.2, 0) is 20.8 Å². The van der Waals surface area contributed by atoms with Gasteiger partial charge < -0.3 is 9.47 Å². The van der Waals surface area contributed by atoms with E-state index in [1.54, 1.807) is 7.11 Å². The summed E-state index contributed by atoms with van der Waals surface area (Å²) in [7, 11) is 1.62. The number of carbonyl (C=O) groups is 1. The average Bonchev–Trinajstić information content (AvgIpc) is 2.30. The first-order valence-electron chi connectivity index (χ1n) is 5.72. The van der Waals surface area contributed by atoms with Crippen LogP contribution in [-0.4, -0.2) is 43.8 Å². The SMILES string of the molecule is COCC1CN(Cc2ccccc2)CC(=O)O1. The number of carbonyl (C=O) groups excluding carboxylic acids is 1. The predicted octanol–water partition coefficient (Wildman–Crippen LogP) is 1.06. The maximum absolute atomic E-state index is 11.4. The van der Waals surface area contributed by atoms with Crippen molar-refractivity contribution in [1.82, 2.24) is 4.90 Å². The summed E-state index contributed by atoms with van der Waals surface area (Å²) in [6.07, 6.45) is -0.148. The summed E-state index contributed by atoms with van der Waals surface area (Å²) in [4.78, 5) is 13.5. The molecule has 4 heteroatoms. The fourth-order valence-corrected chi connectivity index (χ4v) is 2.03. The van der Waals surface area contributed by atoms with Crippen LogP contribution in [0.4, 0.5) is 0 Å². The quantitative estimate of drug-likeness (QED) is 0.731. The van der Waals surface area contributed by atoms with Crippen molar-refractivity contribution in [2.45, 2.75) is 12.6 Å². The Kier molecular flexibility index (Phi) is 4.12. The summed E-state index contributed by atoms with van der Waals surface area (Å²) < 4.78 is 10.2. The van der Waals surface area contributed by atoms with Crippen LogP contribution in [0, 0.1) is 0 Å². The molecule has 0 radical (unpaired) electrons. The van der Waals surface area contributed by atoms with Gasteiger partial charge >= 0.3 is 5.97 Å². The van der Waals surface area contributed by atoms with E-state index in [1.807, 2.05) is 18.2 Å². The summed E-state index contributed by atoms with van der Waals surface area (Å²) in [6.45, 7) is 2.32. The lowest BCUT2D eigenvalue weighted by atomic mass is 10.2. The van der Waals surface area contributed by atoms with Gasteiger partial charge in [0, 0.05) is 20.2 Å². The molecule has 1 aromatic rings. The Bertz CT molecular complexity index is 366. The van der Waals surface area contributed by atoms with Gasteiger partial charge in [0.15, 0.2) is 0 Å². The van der Waals surface area contributed by atoms with E-state index in [0.717, 1.165) is 13.1 Å². The van der Waals surface area contributed by atoms with E-state index >= 15 is 0 Å². The first kappa shape index (κ1) is 12.1. The number of rotatable bonds is 4. The molecule has 1 unspecified atom stereocenters. The molecule has 0 spiro atoms. The van der Waals surface area contributed by atoms with Crippen molar-refractivity contribution in [3.05, 3.63) is 35.9 Å². The zero-order valence-electron chi connectivity index (χ0n) is 9.96. The maximum atomic E-state index is 11.4. The van der Waals surface area contributed by atoms with E-state index in [2.05, 4.69) is 17.0 Å². The lowest BCUT2D eigenvalue weighted by molar-refractivity contribution is -0.162. The van der Waals surface area contributed by atoms with Crippen LogP contribution in [0.1, 0.15) is 5.56 Å². The van der Waals surface area contributed by atoms with Gasteiger partial charge in [0.05, 0.1) is 13.2 Å². The number of morpholine rings is 1. The van der Waals surface area contributed by atoms with Crippen molar-refractivity contribution in [3.63, 3.8) is 0 Å². The summed E-state index contributed by atoms with van der Waals surface area (Å²) in [5.74, 6) is -0.172. The van der Waals surface area contributed by atoms with Crippen LogP contribution in [0.3, 0.4) is 0 Å². The van der Waals surface area contributed by atoms with Crippen LogP contribution in [0.5, 0.6) is 0 Å². The Balaban J connectivity index is 1.94. The Morgan fingerprint density at radius 1 is 1.41 bits per heavy atom. The number of nitrogens with zero attached hydrogens (tertiary/aromatic N) is 1. The number of hydrogen-bond donors (Lipinski definition) is 0. The number of esters is 1. The molecule has 0 bridgehead atoms. The third-order valence-electron chi connectivity index (χ3n) is 2.71. The Morgan fingerprint density at radius 2 is 2.18 bits per heavy atom. The molecule has 4 nitrogen and oxygen atoms in total. The van der Waals surface area contributed by atoms with Crippen molar-refractivity contribution in [1.29, 1.82) is 0 Å². The monoisotopic (exact) mass is 235 g/mol. The molecule has 1 saturated heterocycles. The zero-order chi connectivity index (χ0) is 12.1. The van der Waals surface area contributed by atoms with Gasteiger partial charge in [-0.1, -0.05) is 30.3 Å². The van der Waals surface area contributed by atoms with Crippen molar-refractivity contribution < 1.29 is 14.3 Å². The predicted molar refractivity (Wildman–Crippen MR) is 63.5 cm³/mol. The Hall–Kier alpha value is -1.39. The molecule has 0 saturated carbocycles. The summed E-state index contributed by atoms with van der Waals surface area (Å²) in [6, 6.07) is 10.1. The molecule has 1 fully saturated rings. The third-order valence-corrected chi connectivity index (χ3v) is 2.71. The fraction of sp³-hybridized carbons (Fsp3) is 0.462. The van der Waals surface area contributed by atoms with E-state index < -0.39 is 0 Å². The number of benzene rings is 1. The second kappa shape index (κ2) is 5.80. The van der Waals surface area contributed by atoms with E-state index in [9.17, 15) is 4.79 Å². The van der Waals surface area contributed by atoms with Crippen molar-refractivity contribution in [2.24, 2.45) is 0 Å². The minimum Gasteiger partial charge on any atom is -0.458 e. The second-order valence-electron chi connectivity index (χ2n) is 4.22. The second-order valence-corrected chi connectivity index (χ2v) is 4.22. The van der Waals surface area contributed by atoms with E-state index in [0.29, 0.717) is 13.2 Å². The van der Waals surface area contributed by atoms with E-state index in [4.69, 9.17) is 9.47 Å². The number of ether oxygens (including phenoxy) is 2. The summed E-state index contributed by atoms with van der Waals surface area (Å²) >= 11 is 0. The number of cyclic esters (lactones) is 1. The van der Waals surface area contributed by atoms with Gasteiger partial charge in [0.25, 0.3) is 0 Å². The molecule has 0 N–H and O–H groups in total. The number of methoxy groups -OCH3 is 1. The molecule has 0 aliphatic carbocycles. The van der Waals surface area contributed by atoms with Crippen LogP contribution in [0.2, 0.25) is 0 Å². The van der Waals surface area contributed by atoms with Crippen LogP contribution in [0.15, 0.2) is 30.3 Å². The molecule has 1 atom stereocenters. The highest BCUT2D eigenvalue weighted by atomic mass is 16.6. The normalized spacial score (nSPS) is 21.2. The van der Waals surface area contributed by atoms with Gasteiger partial charge in [-0.15, -0.1) is 0 Å². The van der Waals surface area contributed by atoms with Gasteiger partial charge in [0.2, 0.25) is 0 Å². The van der Waals surface area contributed by atoms with Crippen LogP contribution >= 0.6 is 0 Å². The standard InChI is InChI=1S/C13H17NO3/c1-16-10-12-8-14(9-13(15)17-12)7-11-5-3-2-4-6-11/h2-6,12H,7-10H2,1H3. The number of hydrogen-bond acceptors (Lipinski definition) is 4. The molecule has 0 aromatic heterocycles. The molecule has 2 rings (SSSR count). The van der Waals surface area contributed by atoms with Gasteiger partial charge in [-0.2, -0.15) is 0 Å². The van der Waals surface area contributed by atoms with Gasteiger partial charge in [-0.3, -0.25) is 9.69 Å². The Morgan fingerprint density at radius 3 is 2.88 bits per heavy atom. The molecular formula is C13H17NO3. The first-order chi connectivity index (χ1) is 8.28. The molecule has 1 aromatic carbocycles. The van der Waals surface area contributed by atoms with Crippen molar-refractivity contribution in [3.8, 4) is 0 Å². The highest BCUT2D eigenvalue weighted by Gasteiger charge is 2.26. The highest BCUT2D eigenvalue weighted by molar-refractivity contribution is 5.72. The van der Waals surface area contributed by atoms with Crippen LogP contribution < -0.4 is 0 Å².